The molecule has 3 aliphatic heterocycles. The molecule has 14 heteroatoms. The monoisotopic (exact) mass is 532 g/mol. The van der Waals surface area contributed by atoms with Gasteiger partial charge in [0.1, 0.15) is 29.9 Å². The minimum absolute atomic E-state index is 0.0548. The van der Waals surface area contributed by atoms with E-state index in [2.05, 4.69) is 15.5 Å². The summed E-state index contributed by atoms with van der Waals surface area (Å²) in [5, 5.41) is 17.4. The van der Waals surface area contributed by atoms with Gasteiger partial charge < -0.3 is 25.9 Å². The number of rotatable bonds is 7. The molecule has 5 rings (SSSR count). The van der Waals surface area contributed by atoms with Gasteiger partial charge in [0.05, 0.1) is 0 Å². The first-order valence-corrected chi connectivity index (χ1v) is 13.3. The number of oxime groups is 1. The molecule has 190 valence electrons. The minimum Gasteiger partial charge on any atom is -0.477 e. The first kappa shape index (κ1) is 24.3. The van der Waals surface area contributed by atoms with Gasteiger partial charge >= 0.3 is 5.97 Å². The number of anilines is 1. The minimum atomic E-state index is -1.26. The number of amides is 3. The number of nitrogen functional groups attached to an aromatic ring is 1. The number of thiazole rings is 1. The zero-order chi connectivity index (χ0) is 25.6. The smallest absolute Gasteiger partial charge is 0.352 e. The number of allylic oxidation sites excluding steroid dienone is 1. The Kier molecular flexibility index (Phi) is 6.47. The van der Waals surface area contributed by atoms with Crippen molar-refractivity contribution in [3.63, 3.8) is 0 Å². The number of carboxylic acids is 1. The Morgan fingerprint density at radius 3 is 2.78 bits per heavy atom. The summed E-state index contributed by atoms with van der Waals surface area (Å²) in [7, 11) is 1.27. The average molecular weight is 533 g/mol. The molecular weight excluding hydrogens is 508 g/mol. The number of β-lactam (4-membered cyclic amide) rings is 1. The molecule has 36 heavy (non-hydrogen) atoms. The SMILES string of the molecule is CO/N=C(\C(=O)N[C@@H]1C(=O)N2C(C(=O)O)=C(/C=C3\CCCN(C4CC4)C3=O)CS[C@H]12)c1csc(N)n1. The quantitative estimate of drug-likeness (QED) is 0.196. The maximum absolute atomic E-state index is 13.0. The van der Waals surface area contributed by atoms with Gasteiger partial charge in [0.2, 0.25) is 5.91 Å². The number of thioether (sulfide) groups is 1. The Morgan fingerprint density at radius 1 is 1.36 bits per heavy atom. The van der Waals surface area contributed by atoms with Crippen molar-refractivity contribution in [2.75, 3.05) is 25.1 Å². The Balaban J connectivity index is 1.35. The van der Waals surface area contributed by atoms with E-state index < -0.39 is 29.2 Å². The first-order valence-electron chi connectivity index (χ1n) is 11.4. The zero-order valence-corrected chi connectivity index (χ0v) is 20.9. The third-order valence-corrected chi connectivity index (χ3v) is 8.34. The van der Waals surface area contributed by atoms with Crippen LogP contribution in [0.3, 0.4) is 0 Å². The van der Waals surface area contributed by atoms with Crippen molar-refractivity contribution in [1.29, 1.82) is 0 Å². The van der Waals surface area contributed by atoms with E-state index >= 15 is 0 Å². The fourth-order valence-electron chi connectivity index (χ4n) is 4.57. The Morgan fingerprint density at radius 2 is 2.14 bits per heavy atom. The van der Waals surface area contributed by atoms with Crippen molar-refractivity contribution >= 4 is 57.6 Å². The van der Waals surface area contributed by atoms with Crippen LogP contribution < -0.4 is 11.1 Å². The lowest BCUT2D eigenvalue weighted by Crippen LogP contribution is -2.71. The molecule has 3 fully saturated rings. The number of aromatic nitrogens is 1. The maximum Gasteiger partial charge on any atom is 0.352 e. The third kappa shape index (κ3) is 4.34. The summed E-state index contributed by atoms with van der Waals surface area (Å²) in [5.41, 5.74) is 6.54. The molecule has 2 atom stereocenters. The number of piperidine rings is 1. The second kappa shape index (κ2) is 9.58. The number of carboxylic acid groups (broad SMARTS) is 1. The molecular formula is C22H24N6O6S2. The maximum atomic E-state index is 13.0. The topological polar surface area (TPSA) is 168 Å². The molecule has 0 aromatic carbocycles. The highest BCUT2D eigenvalue weighted by atomic mass is 32.2. The van der Waals surface area contributed by atoms with Crippen molar-refractivity contribution < 1.29 is 29.1 Å². The Hall–Kier alpha value is -3.39. The number of hydrogen-bond acceptors (Lipinski definition) is 10. The number of aliphatic carboxylic acids is 1. The lowest BCUT2D eigenvalue weighted by molar-refractivity contribution is -0.150. The molecule has 4 aliphatic rings. The van der Waals surface area contributed by atoms with Crippen LogP contribution >= 0.6 is 23.1 Å². The van der Waals surface area contributed by atoms with Gasteiger partial charge in [-0.15, -0.1) is 23.1 Å². The van der Waals surface area contributed by atoms with Crippen LogP contribution in [-0.4, -0.2) is 86.2 Å². The van der Waals surface area contributed by atoms with E-state index in [4.69, 9.17) is 10.6 Å². The van der Waals surface area contributed by atoms with E-state index in [0.717, 1.165) is 37.1 Å². The summed E-state index contributed by atoms with van der Waals surface area (Å²) >= 11 is 2.45. The van der Waals surface area contributed by atoms with Crippen LogP contribution in [0.2, 0.25) is 0 Å². The van der Waals surface area contributed by atoms with Gasteiger partial charge in [-0.05, 0) is 37.3 Å². The Bertz CT molecular complexity index is 1240. The Labute approximate surface area is 214 Å². The number of fused-ring (bicyclic) bond motifs is 1. The van der Waals surface area contributed by atoms with Crippen molar-refractivity contribution in [3.8, 4) is 0 Å². The van der Waals surface area contributed by atoms with E-state index in [0.29, 0.717) is 17.6 Å². The van der Waals surface area contributed by atoms with Crippen molar-refractivity contribution in [2.45, 2.75) is 43.1 Å². The zero-order valence-electron chi connectivity index (χ0n) is 19.3. The predicted octanol–water partition coefficient (Wildman–Crippen LogP) is 0.526. The molecule has 12 nitrogen and oxygen atoms in total. The van der Waals surface area contributed by atoms with Gasteiger partial charge in [0.25, 0.3) is 11.8 Å². The van der Waals surface area contributed by atoms with Crippen molar-refractivity contribution in [3.05, 3.63) is 34.0 Å². The number of nitrogens with one attached hydrogen (secondary N) is 1. The highest BCUT2D eigenvalue weighted by Crippen LogP contribution is 2.41. The fraction of sp³-hybridized carbons (Fsp3) is 0.455. The lowest BCUT2D eigenvalue weighted by atomic mass is 9.98. The van der Waals surface area contributed by atoms with Gasteiger partial charge in [-0.3, -0.25) is 19.3 Å². The van der Waals surface area contributed by atoms with Crippen LogP contribution in [0, 0.1) is 0 Å². The standard InChI is InChI=1S/C22H24N6O6S2/c1-34-26-14(13-9-36-22(23)24-13)17(29)25-15-19(31)28-16(21(32)33)11(8-35-20(15)28)7-10-3-2-6-27(18(10)30)12-4-5-12/h7,9,12,15,20H,2-6,8H2,1H3,(H2,23,24)(H,25,29)(H,32,33)/b10-7+,26-14-/t15-,20-/m1/s1. The molecule has 0 spiro atoms. The van der Waals surface area contributed by atoms with E-state index in [1.807, 2.05) is 4.90 Å². The summed E-state index contributed by atoms with van der Waals surface area (Å²) in [6.07, 6.45) is 5.04. The summed E-state index contributed by atoms with van der Waals surface area (Å²) in [5.74, 6) is -2.28. The van der Waals surface area contributed by atoms with Crippen molar-refractivity contribution in [1.82, 2.24) is 20.1 Å². The molecule has 1 saturated carbocycles. The van der Waals surface area contributed by atoms with E-state index in [9.17, 15) is 24.3 Å². The summed E-state index contributed by atoms with van der Waals surface area (Å²) in [6.45, 7) is 0.719. The molecule has 2 saturated heterocycles. The average Bonchev–Trinajstić information content (AvgIpc) is 3.61. The number of nitrogens with two attached hydrogens (primary N) is 1. The van der Waals surface area contributed by atoms with Gasteiger partial charge in [0.15, 0.2) is 10.8 Å². The first-order chi connectivity index (χ1) is 17.3. The fourth-order valence-corrected chi connectivity index (χ4v) is 6.42. The van der Waals surface area contributed by atoms with Crippen molar-refractivity contribution in [2.24, 2.45) is 5.16 Å². The number of likely N-dealkylation sites (tertiary alicyclic amines) is 1. The number of nitrogens with zero attached hydrogens (tertiary/aromatic N) is 4. The van der Waals surface area contributed by atoms with E-state index in [1.165, 1.54) is 23.8 Å². The van der Waals surface area contributed by atoms with Crippen LogP contribution in [0.4, 0.5) is 5.13 Å². The van der Waals surface area contributed by atoms with Crippen LogP contribution in [-0.2, 0) is 24.0 Å². The largest absolute Gasteiger partial charge is 0.477 e. The molecule has 1 aliphatic carbocycles. The molecule has 0 unspecified atom stereocenters. The molecule has 0 radical (unpaired) electrons. The van der Waals surface area contributed by atoms with Gasteiger partial charge in [-0.2, -0.15) is 0 Å². The molecule has 4 heterocycles. The van der Waals surface area contributed by atoms with Gasteiger partial charge in [-0.25, -0.2) is 9.78 Å². The van der Waals surface area contributed by atoms with E-state index in [1.54, 1.807) is 11.5 Å². The van der Waals surface area contributed by atoms with Crippen LogP contribution in [0.15, 0.2) is 33.5 Å². The predicted molar refractivity (Wildman–Crippen MR) is 132 cm³/mol. The number of hydrogen-bond donors (Lipinski definition) is 3. The third-order valence-electron chi connectivity index (χ3n) is 6.37. The van der Waals surface area contributed by atoms with Crippen LogP contribution in [0.1, 0.15) is 31.4 Å². The number of carbonyl (C=O) groups excluding carboxylic acids is 3. The second-order valence-electron chi connectivity index (χ2n) is 8.74. The molecule has 3 amide bonds. The summed E-state index contributed by atoms with van der Waals surface area (Å²) in [6, 6.07) is -0.668. The lowest BCUT2D eigenvalue weighted by Gasteiger charge is -2.49. The molecule has 1 aromatic rings. The van der Waals surface area contributed by atoms with E-state index in [-0.39, 0.29) is 39.9 Å². The highest BCUT2D eigenvalue weighted by Gasteiger charge is 2.54. The van der Waals surface area contributed by atoms with Gasteiger partial charge in [0, 0.05) is 29.3 Å². The molecule has 0 bridgehead atoms. The van der Waals surface area contributed by atoms with Crippen LogP contribution in [0.25, 0.3) is 0 Å². The summed E-state index contributed by atoms with van der Waals surface area (Å²) < 4.78 is 0. The normalized spacial score (nSPS) is 25.6. The highest BCUT2D eigenvalue weighted by molar-refractivity contribution is 8.00. The summed E-state index contributed by atoms with van der Waals surface area (Å²) in [4.78, 5) is 62.8. The second-order valence-corrected chi connectivity index (χ2v) is 10.7. The number of carbonyl (C=O) groups is 4. The van der Waals surface area contributed by atoms with Crippen LogP contribution in [0.5, 0.6) is 0 Å². The molecule has 1 aromatic heterocycles. The van der Waals surface area contributed by atoms with Gasteiger partial charge in [-0.1, -0.05) is 5.16 Å². The molecule has 4 N–H and O–H groups in total.